The summed E-state index contributed by atoms with van der Waals surface area (Å²) in [7, 11) is 0. The summed E-state index contributed by atoms with van der Waals surface area (Å²) in [5.41, 5.74) is 2.15. The number of aryl methyl sites for hydroxylation is 1. The molecule has 2 rings (SSSR count). The number of hydrogen-bond acceptors (Lipinski definition) is 1. The van der Waals surface area contributed by atoms with E-state index in [1.165, 1.54) is 0 Å². The van der Waals surface area contributed by atoms with Gasteiger partial charge in [-0.1, -0.05) is 23.7 Å². The van der Waals surface area contributed by atoms with E-state index in [1.54, 1.807) is 6.20 Å². The molecule has 0 aliphatic heterocycles. The van der Waals surface area contributed by atoms with Gasteiger partial charge in [0.2, 0.25) is 0 Å². The third-order valence-corrected chi connectivity index (χ3v) is 2.57. The predicted octanol–water partition coefficient (Wildman–Crippen LogP) is 2.95. The molecule has 0 saturated carbocycles. The van der Waals surface area contributed by atoms with Crippen molar-refractivity contribution >= 4 is 28.8 Å². The van der Waals surface area contributed by atoms with Gasteiger partial charge in [-0.05, 0) is 18.1 Å². The van der Waals surface area contributed by atoms with Gasteiger partial charge in [-0.25, -0.2) is 0 Å². The van der Waals surface area contributed by atoms with E-state index in [0.717, 1.165) is 34.2 Å². The Kier molecular flexibility index (Phi) is 2.55. The molecule has 0 bridgehead atoms. The lowest BCUT2D eigenvalue weighted by molar-refractivity contribution is -0.107. The molecule has 1 heterocycles. The number of nitrogens with one attached hydrogen (secondary N) is 1. The number of H-pyrrole nitrogens is 1. The van der Waals surface area contributed by atoms with Crippen molar-refractivity contribution in [3.8, 4) is 0 Å². The molecule has 14 heavy (non-hydrogen) atoms. The maximum absolute atomic E-state index is 10.3. The van der Waals surface area contributed by atoms with Gasteiger partial charge in [-0.15, -0.1) is 0 Å². The number of aromatic nitrogens is 1. The molecule has 1 aromatic heterocycles. The minimum absolute atomic E-state index is 0.542. The summed E-state index contributed by atoms with van der Waals surface area (Å²) in [4.78, 5) is 13.4. The number of rotatable bonds is 3. The van der Waals surface area contributed by atoms with Gasteiger partial charge in [0.25, 0.3) is 0 Å². The largest absolute Gasteiger partial charge is 0.360 e. The molecule has 0 atom stereocenters. The maximum atomic E-state index is 10.3. The smallest absolute Gasteiger partial charge is 0.120 e. The highest BCUT2D eigenvalue weighted by molar-refractivity contribution is 6.35. The zero-order valence-corrected chi connectivity index (χ0v) is 8.34. The van der Waals surface area contributed by atoms with E-state index in [9.17, 15) is 4.79 Å². The predicted molar refractivity (Wildman–Crippen MR) is 57.7 cm³/mol. The fourth-order valence-electron chi connectivity index (χ4n) is 1.64. The third kappa shape index (κ3) is 1.53. The van der Waals surface area contributed by atoms with E-state index in [4.69, 9.17) is 11.6 Å². The highest BCUT2D eigenvalue weighted by Gasteiger charge is 2.05. The van der Waals surface area contributed by atoms with E-state index >= 15 is 0 Å². The quantitative estimate of drug-likeness (QED) is 0.772. The number of fused-ring (bicyclic) bond motifs is 1. The van der Waals surface area contributed by atoms with Crippen molar-refractivity contribution in [1.82, 2.24) is 4.98 Å². The number of carbonyl (C=O) groups is 1. The van der Waals surface area contributed by atoms with Crippen LogP contribution in [-0.2, 0) is 11.2 Å². The number of carbonyl (C=O) groups excluding carboxylic acids is 1. The van der Waals surface area contributed by atoms with Gasteiger partial charge in [0.15, 0.2) is 0 Å². The number of hydrogen-bond donors (Lipinski definition) is 1. The summed E-state index contributed by atoms with van der Waals surface area (Å²) in [6.45, 7) is 0. The zero-order valence-electron chi connectivity index (χ0n) is 7.59. The van der Waals surface area contributed by atoms with Crippen molar-refractivity contribution in [3.05, 3.63) is 35.0 Å². The van der Waals surface area contributed by atoms with E-state index < -0.39 is 0 Å². The summed E-state index contributed by atoms with van der Waals surface area (Å²) in [6, 6.07) is 5.95. The summed E-state index contributed by atoms with van der Waals surface area (Å²) in [5, 5.41) is 1.76. The molecular weight excluding hydrogens is 198 g/mol. The van der Waals surface area contributed by atoms with Gasteiger partial charge >= 0.3 is 0 Å². The van der Waals surface area contributed by atoms with Crippen LogP contribution in [0.25, 0.3) is 10.9 Å². The van der Waals surface area contributed by atoms with E-state index in [-0.39, 0.29) is 0 Å². The molecule has 0 aliphatic rings. The summed E-state index contributed by atoms with van der Waals surface area (Å²) < 4.78 is 0. The van der Waals surface area contributed by atoms with E-state index in [2.05, 4.69) is 4.98 Å². The Morgan fingerprint density at radius 2 is 2.29 bits per heavy atom. The number of benzene rings is 1. The van der Waals surface area contributed by atoms with Crippen molar-refractivity contribution in [3.63, 3.8) is 0 Å². The van der Waals surface area contributed by atoms with Crippen LogP contribution in [0.1, 0.15) is 12.0 Å². The highest BCUT2D eigenvalue weighted by Crippen LogP contribution is 2.27. The summed E-state index contributed by atoms with van der Waals surface area (Å²) >= 11 is 6.04. The molecule has 0 spiro atoms. The fourth-order valence-corrected chi connectivity index (χ4v) is 1.92. The molecule has 2 nitrogen and oxygen atoms in total. The average Bonchev–Trinajstić information content (AvgIpc) is 2.58. The molecule has 0 unspecified atom stereocenters. The van der Waals surface area contributed by atoms with Crippen molar-refractivity contribution in [1.29, 1.82) is 0 Å². The van der Waals surface area contributed by atoms with Crippen LogP contribution in [0, 0.1) is 0 Å². The van der Waals surface area contributed by atoms with Crippen LogP contribution in [0.2, 0.25) is 5.02 Å². The first-order chi connectivity index (χ1) is 6.83. The van der Waals surface area contributed by atoms with Crippen molar-refractivity contribution in [2.45, 2.75) is 12.8 Å². The standard InChI is InChI=1S/C11H10ClNO/c12-9-7-13-10-5-1-3-8(11(9)10)4-2-6-14/h1,3,5-7,13H,2,4H2. The molecule has 0 fully saturated rings. The first kappa shape index (κ1) is 9.28. The topological polar surface area (TPSA) is 32.9 Å². The first-order valence-corrected chi connectivity index (χ1v) is 4.89. The Labute approximate surface area is 86.9 Å². The molecule has 72 valence electrons. The lowest BCUT2D eigenvalue weighted by Crippen LogP contribution is -1.86. The van der Waals surface area contributed by atoms with Gasteiger partial charge in [0, 0.05) is 23.5 Å². The molecule has 0 aliphatic carbocycles. The van der Waals surface area contributed by atoms with Gasteiger partial charge < -0.3 is 9.78 Å². The fraction of sp³-hybridized carbons (Fsp3) is 0.182. The van der Waals surface area contributed by atoms with Crippen LogP contribution in [0.3, 0.4) is 0 Å². The molecule has 2 aromatic rings. The van der Waals surface area contributed by atoms with Crippen LogP contribution < -0.4 is 0 Å². The minimum Gasteiger partial charge on any atom is -0.360 e. The SMILES string of the molecule is O=CCCc1cccc2[nH]cc(Cl)c12. The second-order valence-electron chi connectivity index (χ2n) is 3.18. The third-order valence-electron chi connectivity index (χ3n) is 2.28. The minimum atomic E-state index is 0.542. The molecule has 0 radical (unpaired) electrons. The lowest BCUT2D eigenvalue weighted by atomic mass is 10.1. The molecule has 0 amide bonds. The Balaban J connectivity index is 2.51. The van der Waals surface area contributed by atoms with Crippen LogP contribution in [0.5, 0.6) is 0 Å². The molecule has 0 saturated heterocycles. The van der Waals surface area contributed by atoms with Crippen molar-refractivity contribution < 1.29 is 4.79 Å². The van der Waals surface area contributed by atoms with Crippen LogP contribution in [0.15, 0.2) is 24.4 Å². The normalized spacial score (nSPS) is 10.6. The van der Waals surface area contributed by atoms with Crippen molar-refractivity contribution in [2.75, 3.05) is 0 Å². The lowest BCUT2D eigenvalue weighted by Gasteiger charge is -2.00. The summed E-state index contributed by atoms with van der Waals surface area (Å²) in [6.07, 6.45) is 4.00. The van der Waals surface area contributed by atoms with E-state index in [1.807, 2.05) is 18.2 Å². The summed E-state index contributed by atoms with van der Waals surface area (Å²) in [5.74, 6) is 0. The van der Waals surface area contributed by atoms with Crippen LogP contribution in [-0.4, -0.2) is 11.3 Å². The monoisotopic (exact) mass is 207 g/mol. The Morgan fingerprint density at radius 3 is 3.07 bits per heavy atom. The number of halogens is 1. The van der Waals surface area contributed by atoms with E-state index in [0.29, 0.717) is 6.42 Å². The number of aromatic amines is 1. The van der Waals surface area contributed by atoms with Crippen LogP contribution in [0.4, 0.5) is 0 Å². The van der Waals surface area contributed by atoms with Gasteiger partial charge in [-0.2, -0.15) is 0 Å². The van der Waals surface area contributed by atoms with Crippen molar-refractivity contribution in [2.24, 2.45) is 0 Å². The number of aldehydes is 1. The second kappa shape index (κ2) is 3.84. The van der Waals surface area contributed by atoms with Crippen LogP contribution >= 0.6 is 11.6 Å². The Bertz CT molecular complexity index is 461. The second-order valence-corrected chi connectivity index (χ2v) is 3.59. The Morgan fingerprint density at radius 1 is 1.43 bits per heavy atom. The molecule has 1 aromatic carbocycles. The molecule has 3 heteroatoms. The molecule has 1 N–H and O–H groups in total. The van der Waals surface area contributed by atoms with Gasteiger partial charge in [-0.3, -0.25) is 0 Å². The van der Waals surface area contributed by atoms with Gasteiger partial charge in [0.1, 0.15) is 6.29 Å². The molecular formula is C11H10ClNO. The first-order valence-electron chi connectivity index (χ1n) is 4.51. The Hall–Kier alpha value is -1.28. The highest BCUT2D eigenvalue weighted by atomic mass is 35.5. The maximum Gasteiger partial charge on any atom is 0.120 e. The average molecular weight is 208 g/mol. The zero-order chi connectivity index (χ0) is 9.97. The van der Waals surface area contributed by atoms with Gasteiger partial charge in [0.05, 0.1) is 5.02 Å².